The van der Waals surface area contributed by atoms with E-state index >= 15 is 0 Å². The lowest BCUT2D eigenvalue weighted by molar-refractivity contribution is 0.175. The van der Waals surface area contributed by atoms with Crippen LogP contribution in [0.3, 0.4) is 0 Å². The number of hydrogen-bond acceptors (Lipinski definition) is 4. The molecule has 1 heterocycles. The lowest BCUT2D eigenvalue weighted by atomic mass is 10.1. The third kappa shape index (κ3) is 2.94. The number of aryl methyl sites for hydroxylation is 1. The van der Waals surface area contributed by atoms with Crippen LogP contribution in [0.5, 0.6) is 0 Å². The van der Waals surface area contributed by atoms with E-state index in [1.165, 1.54) is 4.80 Å². The average molecular weight is 273 g/mol. The zero-order valence-corrected chi connectivity index (χ0v) is 10.5. The topological polar surface area (TPSA) is 63.8 Å². The number of hydrogen-bond donors (Lipinski definition) is 1. The molecule has 1 aromatic heterocycles. The third-order valence-electron chi connectivity index (χ3n) is 2.25. The molecule has 0 fully saturated rings. The maximum Gasteiger partial charge on any atom is 0.177 e. The zero-order chi connectivity index (χ0) is 12.4. The zero-order valence-electron chi connectivity index (χ0n) is 9.01. The number of aliphatic hydroxyl groups is 1. The van der Waals surface area contributed by atoms with Gasteiger partial charge in [-0.05, 0) is 22.9 Å². The van der Waals surface area contributed by atoms with E-state index < -0.39 is 6.10 Å². The molecule has 5 nitrogen and oxygen atoms in total. The highest BCUT2D eigenvalue weighted by atomic mass is 35.5. The van der Waals surface area contributed by atoms with Gasteiger partial charge in [-0.3, -0.25) is 0 Å². The monoisotopic (exact) mass is 272 g/mol. The van der Waals surface area contributed by atoms with Crippen molar-refractivity contribution in [3.8, 4) is 0 Å². The second kappa shape index (κ2) is 5.00. The molecule has 2 rings (SSSR count). The molecule has 0 amide bonds. The van der Waals surface area contributed by atoms with Gasteiger partial charge in [0.25, 0.3) is 0 Å². The molecule has 17 heavy (non-hydrogen) atoms. The first-order valence-corrected chi connectivity index (χ1v) is 5.68. The van der Waals surface area contributed by atoms with Crippen molar-refractivity contribution in [1.29, 1.82) is 0 Å². The van der Waals surface area contributed by atoms with Gasteiger partial charge in [0.05, 0.1) is 23.2 Å². The second-order valence-corrected chi connectivity index (χ2v) is 4.40. The number of rotatable bonds is 3. The standard InChI is InChI=1S/C10H10Cl2N4O/c1-16-14-10(13-15-16)5-9(17)6-2-3-7(11)8(12)4-6/h2-4,9,17H,5H2,1H3. The lowest BCUT2D eigenvalue weighted by Crippen LogP contribution is -2.04. The van der Waals surface area contributed by atoms with Crippen LogP contribution >= 0.6 is 23.2 Å². The Bertz CT molecular complexity index is 529. The van der Waals surface area contributed by atoms with Crippen molar-refractivity contribution in [2.45, 2.75) is 12.5 Å². The van der Waals surface area contributed by atoms with Crippen molar-refractivity contribution in [3.05, 3.63) is 39.6 Å². The number of tetrazole rings is 1. The van der Waals surface area contributed by atoms with Gasteiger partial charge >= 0.3 is 0 Å². The summed E-state index contributed by atoms with van der Waals surface area (Å²) in [7, 11) is 1.67. The van der Waals surface area contributed by atoms with Crippen molar-refractivity contribution < 1.29 is 5.11 Å². The Labute approximate surface area is 108 Å². The van der Waals surface area contributed by atoms with Crippen LogP contribution in [0.2, 0.25) is 10.0 Å². The van der Waals surface area contributed by atoms with Crippen molar-refractivity contribution in [1.82, 2.24) is 20.2 Å². The summed E-state index contributed by atoms with van der Waals surface area (Å²) in [6, 6.07) is 4.99. The summed E-state index contributed by atoms with van der Waals surface area (Å²) in [5.74, 6) is 0.478. The van der Waals surface area contributed by atoms with Crippen LogP contribution in [0.4, 0.5) is 0 Å². The molecule has 1 unspecified atom stereocenters. The Balaban J connectivity index is 2.14. The minimum absolute atomic E-state index is 0.284. The van der Waals surface area contributed by atoms with Crippen LogP contribution in [0.1, 0.15) is 17.5 Å². The number of aliphatic hydroxyl groups excluding tert-OH is 1. The van der Waals surface area contributed by atoms with Gasteiger partial charge in [-0.25, -0.2) is 0 Å². The fourth-order valence-electron chi connectivity index (χ4n) is 1.42. The van der Waals surface area contributed by atoms with Crippen LogP contribution in [0.15, 0.2) is 18.2 Å². The number of benzene rings is 1. The highest BCUT2D eigenvalue weighted by Gasteiger charge is 2.13. The molecule has 0 saturated carbocycles. The van der Waals surface area contributed by atoms with Crippen LogP contribution in [0, 0.1) is 0 Å². The summed E-state index contributed by atoms with van der Waals surface area (Å²) in [6.45, 7) is 0. The molecular weight excluding hydrogens is 263 g/mol. The minimum Gasteiger partial charge on any atom is -0.388 e. The van der Waals surface area contributed by atoms with Crippen LogP contribution in [0.25, 0.3) is 0 Å². The highest BCUT2D eigenvalue weighted by molar-refractivity contribution is 6.42. The third-order valence-corrected chi connectivity index (χ3v) is 2.99. The van der Waals surface area contributed by atoms with Crippen molar-refractivity contribution in [3.63, 3.8) is 0 Å². The fraction of sp³-hybridized carbons (Fsp3) is 0.300. The van der Waals surface area contributed by atoms with Crippen molar-refractivity contribution in [2.24, 2.45) is 7.05 Å². The molecular formula is C10H10Cl2N4O. The molecule has 2 aromatic rings. The van der Waals surface area contributed by atoms with Crippen molar-refractivity contribution in [2.75, 3.05) is 0 Å². The SMILES string of the molecule is Cn1nnc(CC(O)c2ccc(Cl)c(Cl)c2)n1. The smallest absolute Gasteiger partial charge is 0.177 e. The van der Waals surface area contributed by atoms with Gasteiger partial charge in [-0.1, -0.05) is 29.3 Å². The second-order valence-electron chi connectivity index (χ2n) is 3.59. The first-order chi connectivity index (χ1) is 8.06. The summed E-state index contributed by atoms with van der Waals surface area (Å²) in [5.41, 5.74) is 0.673. The molecule has 7 heteroatoms. The molecule has 1 aromatic carbocycles. The van der Waals surface area contributed by atoms with E-state index in [0.717, 1.165) is 0 Å². The fourth-order valence-corrected chi connectivity index (χ4v) is 1.72. The summed E-state index contributed by atoms with van der Waals surface area (Å²) < 4.78 is 0. The molecule has 90 valence electrons. The normalized spacial score (nSPS) is 12.7. The Morgan fingerprint density at radius 3 is 2.71 bits per heavy atom. The average Bonchev–Trinajstić information content (AvgIpc) is 2.68. The van der Waals surface area contributed by atoms with E-state index in [-0.39, 0.29) is 6.42 Å². The van der Waals surface area contributed by atoms with Gasteiger partial charge < -0.3 is 5.11 Å². The summed E-state index contributed by atoms with van der Waals surface area (Å²) >= 11 is 11.7. The molecule has 1 N–H and O–H groups in total. The quantitative estimate of drug-likeness (QED) is 0.926. The maximum atomic E-state index is 9.98. The maximum absolute atomic E-state index is 9.98. The summed E-state index contributed by atoms with van der Waals surface area (Å²) in [6.07, 6.45) is -0.444. The van der Waals surface area contributed by atoms with E-state index in [4.69, 9.17) is 23.2 Å². The summed E-state index contributed by atoms with van der Waals surface area (Å²) in [5, 5.41) is 22.3. The minimum atomic E-state index is -0.728. The van der Waals surface area contributed by atoms with Crippen LogP contribution in [-0.4, -0.2) is 25.3 Å². The van der Waals surface area contributed by atoms with E-state index in [1.807, 2.05) is 0 Å². The van der Waals surface area contributed by atoms with Gasteiger partial charge in [0.2, 0.25) is 0 Å². The predicted molar refractivity (Wildman–Crippen MR) is 63.9 cm³/mol. The highest BCUT2D eigenvalue weighted by Crippen LogP contribution is 2.26. The van der Waals surface area contributed by atoms with E-state index in [1.54, 1.807) is 25.2 Å². The van der Waals surface area contributed by atoms with Gasteiger partial charge in [-0.15, -0.1) is 10.2 Å². The molecule has 0 radical (unpaired) electrons. The molecule has 0 aliphatic heterocycles. The largest absolute Gasteiger partial charge is 0.388 e. The van der Waals surface area contributed by atoms with Gasteiger partial charge in [0, 0.05) is 6.42 Å². The Hall–Kier alpha value is -1.17. The predicted octanol–water partition coefficient (Wildman–Crippen LogP) is 1.79. The molecule has 0 spiro atoms. The van der Waals surface area contributed by atoms with Gasteiger partial charge in [0.1, 0.15) is 0 Å². The van der Waals surface area contributed by atoms with Gasteiger partial charge in [0.15, 0.2) is 5.82 Å². The first-order valence-electron chi connectivity index (χ1n) is 4.92. The molecule has 1 atom stereocenters. The number of aromatic nitrogens is 4. The van der Waals surface area contributed by atoms with E-state index in [2.05, 4.69) is 15.4 Å². The lowest BCUT2D eigenvalue weighted by Gasteiger charge is -2.09. The molecule has 0 aliphatic rings. The van der Waals surface area contributed by atoms with Crippen LogP contribution < -0.4 is 0 Å². The van der Waals surface area contributed by atoms with Crippen molar-refractivity contribution >= 4 is 23.2 Å². The molecule has 0 saturated heterocycles. The van der Waals surface area contributed by atoms with Gasteiger partial charge in [-0.2, -0.15) is 4.80 Å². The first kappa shape index (κ1) is 12.3. The number of halogens is 2. The number of nitrogens with zero attached hydrogens (tertiary/aromatic N) is 4. The summed E-state index contributed by atoms with van der Waals surface area (Å²) in [4.78, 5) is 1.34. The Morgan fingerprint density at radius 1 is 1.35 bits per heavy atom. The van der Waals surface area contributed by atoms with E-state index in [9.17, 15) is 5.11 Å². The molecule has 0 aliphatic carbocycles. The Kier molecular flexibility index (Phi) is 3.61. The van der Waals surface area contributed by atoms with Crippen LogP contribution in [-0.2, 0) is 13.5 Å². The Morgan fingerprint density at radius 2 is 2.12 bits per heavy atom. The van der Waals surface area contributed by atoms with E-state index in [0.29, 0.717) is 21.4 Å². The molecule has 0 bridgehead atoms.